The maximum atomic E-state index is 13.1. The van der Waals surface area contributed by atoms with Gasteiger partial charge >= 0.3 is 0 Å². The molecule has 6 heteroatoms. The van der Waals surface area contributed by atoms with Crippen LogP contribution in [0.15, 0.2) is 108 Å². The number of hydrogen-bond acceptors (Lipinski definition) is 3. The van der Waals surface area contributed by atoms with Gasteiger partial charge in [0.25, 0.3) is 11.8 Å². The van der Waals surface area contributed by atoms with E-state index < -0.39 is 0 Å². The van der Waals surface area contributed by atoms with Gasteiger partial charge in [-0.15, -0.1) is 0 Å². The highest BCUT2D eigenvalue weighted by Crippen LogP contribution is 2.25. The Hall–Kier alpha value is -3.90. The predicted octanol–water partition coefficient (Wildman–Crippen LogP) is 6.58. The lowest BCUT2D eigenvalue weighted by Crippen LogP contribution is -2.15. The van der Waals surface area contributed by atoms with Crippen LogP contribution in [-0.4, -0.2) is 18.4 Å². The third-order valence-corrected chi connectivity index (χ3v) is 5.58. The Labute approximate surface area is 206 Å². The molecule has 34 heavy (non-hydrogen) atoms. The standard InChI is InChI=1S/C28H23BrN2O3/c29-22-14-15-26(34-17-16-20-8-3-1-4-9-20)25(18-22)28(33)31-24-13-7-12-23(19-24)30-27(32)21-10-5-2-6-11-21/h1-15,18-19H,16-17H2,(H,30,32)(H,31,33). The minimum Gasteiger partial charge on any atom is -0.492 e. The number of amides is 2. The molecule has 0 unspecified atom stereocenters. The van der Waals surface area contributed by atoms with E-state index >= 15 is 0 Å². The molecule has 0 saturated carbocycles. The molecular weight excluding hydrogens is 492 g/mol. The van der Waals surface area contributed by atoms with Gasteiger partial charge in [0.15, 0.2) is 0 Å². The first-order chi connectivity index (χ1) is 16.6. The average molecular weight is 515 g/mol. The van der Waals surface area contributed by atoms with Crippen LogP contribution in [0.25, 0.3) is 0 Å². The molecule has 0 heterocycles. The molecule has 0 fully saturated rings. The Balaban J connectivity index is 1.43. The van der Waals surface area contributed by atoms with E-state index in [1.807, 2.05) is 54.6 Å². The van der Waals surface area contributed by atoms with Crippen LogP contribution in [0.1, 0.15) is 26.3 Å². The number of halogens is 1. The van der Waals surface area contributed by atoms with Crippen LogP contribution in [0, 0.1) is 0 Å². The van der Waals surface area contributed by atoms with Crippen molar-refractivity contribution in [2.45, 2.75) is 6.42 Å². The maximum Gasteiger partial charge on any atom is 0.259 e. The maximum absolute atomic E-state index is 13.1. The summed E-state index contributed by atoms with van der Waals surface area (Å²) in [7, 11) is 0. The topological polar surface area (TPSA) is 67.4 Å². The number of carbonyl (C=O) groups is 2. The number of carbonyl (C=O) groups excluding carboxylic acids is 2. The predicted molar refractivity (Wildman–Crippen MR) is 139 cm³/mol. The number of rotatable bonds is 8. The Kier molecular flexibility index (Phi) is 7.73. The van der Waals surface area contributed by atoms with Crippen molar-refractivity contribution < 1.29 is 14.3 Å². The summed E-state index contributed by atoms with van der Waals surface area (Å²) in [5.74, 6) is -0.0159. The average Bonchev–Trinajstić information content (AvgIpc) is 2.86. The molecule has 0 radical (unpaired) electrons. The zero-order chi connectivity index (χ0) is 23.8. The van der Waals surface area contributed by atoms with Crippen molar-refractivity contribution in [1.29, 1.82) is 0 Å². The lowest BCUT2D eigenvalue weighted by atomic mass is 10.1. The molecule has 0 bridgehead atoms. The lowest BCUT2D eigenvalue weighted by molar-refractivity contribution is 0.101. The molecule has 2 amide bonds. The summed E-state index contributed by atoms with van der Waals surface area (Å²) in [5, 5.41) is 5.75. The zero-order valence-electron chi connectivity index (χ0n) is 18.3. The zero-order valence-corrected chi connectivity index (χ0v) is 19.9. The van der Waals surface area contributed by atoms with Gasteiger partial charge in [-0.3, -0.25) is 9.59 Å². The van der Waals surface area contributed by atoms with Crippen LogP contribution in [-0.2, 0) is 6.42 Å². The van der Waals surface area contributed by atoms with Gasteiger partial charge in [0, 0.05) is 27.8 Å². The molecule has 0 aliphatic carbocycles. The quantitative estimate of drug-likeness (QED) is 0.279. The number of ether oxygens (including phenoxy) is 1. The van der Waals surface area contributed by atoms with Crippen LogP contribution in [0.3, 0.4) is 0 Å². The number of nitrogens with one attached hydrogen (secondary N) is 2. The monoisotopic (exact) mass is 514 g/mol. The SMILES string of the molecule is O=C(Nc1cccc(NC(=O)c2cc(Br)ccc2OCCc2ccccc2)c1)c1ccccc1. The molecule has 5 nitrogen and oxygen atoms in total. The fraction of sp³-hybridized carbons (Fsp3) is 0.0714. The Morgan fingerprint density at radius 1 is 0.706 bits per heavy atom. The van der Waals surface area contributed by atoms with E-state index in [9.17, 15) is 9.59 Å². The van der Waals surface area contributed by atoms with Crippen molar-refractivity contribution in [1.82, 2.24) is 0 Å². The second-order valence-electron chi connectivity index (χ2n) is 7.58. The summed E-state index contributed by atoms with van der Waals surface area (Å²) < 4.78 is 6.72. The summed E-state index contributed by atoms with van der Waals surface area (Å²) in [5.41, 5.74) is 3.29. The molecule has 170 valence electrons. The second-order valence-corrected chi connectivity index (χ2v) is 8.50. The van der Waals surface area contributed by atoms with Crippen molar-refractivity contribution >= 4 is 39.1 Å². The van der Waals surface area contributed by atoms with Gasteiger partial charge in [0.2, 0.25) is 0 Å². The van der Waals surface area contributed by atoms with E-state index in [0.717, 1.165) is 10.9 Å². The molecule has 0 spiro atoms. The smallest absolute Gasteiger partial charge is 0.259 e. The molecule has 0 atom stereocenters. The molecule has 0 aromatic heterocycles. The Morgan fingerprint density at radius 2 is 1.35 bits per heavy atom. The van der Waals surface area contributed by atoms with Crippen LogP contribution in [0.5, 0.6) is 5.75 Å². The summed E-state index contributed by atoms with van der Waals surface area (Å²) >= 11 is 3.43. The summed E-state index contributed by atoms with van der Waals surface area (Å²) in [6.07, 6.45) is 0.737. The first-order valence-electron chi connectivity index (χ1n) is 10.8. The molecule has 0 aliphatic rings. The number of benzene rings is 4. The first kappa shape index (κ1) is 23.3. The Morgan fingerprint density at radius 3 is 2.06 bits per heavy atom. The highest BCUT2D eigenvalue weighted by atomic mass is 79.9. The van der Waals surface area contributed by atoms with E-state index in [2.05, 4.69) is 26.6 Å². The van der Waals surface area contributed by atoms with Gasteiger partial charge in [0.1, 0.15) is 5.75 Å². The van der Waals surface area contributed by atoms with Crippen molar-refractivity contribution in [3.63, 3.8) is 0 Å². The van der Waals surface area contributed by atoms with Gasteiger partial charge < -0.3 is 15.4 Å². The molecule has 0 aliphatic heterocycles. The van der Waals surface area contributed by atoms with Crippen molar-refractivity contribution in [2.24, 2.45) is 0 Å². The summed E-state index contributed by atoms with van der Waals surface area (Å²) in [6, 6.07) is 31.4. The van der Waals surface area contributed by atoms with Gasteiger partial charge in [-0.1, -0.05) is 70.5 Å². The summed E-state index contributed by atoms with van der Waals surface area (Å²) in [6.45, 7) is 0.451. The third-order valence-electron chi connectivity index (χ3n) is 5.09. The summed E-state index contributed by atoms with van der Waals surface area (Å²) in [4.78, 5) is 25.5. The van der Waals surface area contributed by atoms with E-state index in [0.29, 0.717) is 34.9 Å². The third kappa shape index (κ3) is 6.33. The van der Waals surface area contributed by atoms with Gasteiger partial charge in [-0.2, -0.15) is 0 Å². The molecular formula is C28H23BrN2O3. The lowest BCUT2D eigenvalue weighted by Gasteiger charge is -2.13. The molecule has 2 N–H and O–H groups in total. The van der Waals surface area contributed by atoms with Gasteiger partial charge in [0.05, 0.1) is 12.2 Å². The minimum atomic E-state index is -0.303. The molecule has 4 aromatic carbocycles. The van der Waals surface area contributed by atoms with Crippen LogP contribution < -0.4 is 15.4 Å². The Bertz CT molecular complexity index is 1280. The van der Waals surface area contributed by atoms with Crippen LogP contribution >= 0.6 is 15.9 Å². The van der Waals surface area contributed by atoms with Crippen LogP contribution in [0.2, 0.25) is 0 Å². The van der Waals surface area contributed by atoms with Crippen molar-refractivity contribution in [3.8, 4) is 5.75 Å². The number of anilines is 2. The van der Waals surface area contributed by atoms with Gasteiger partial charge in [-0.25, -0.2) is 0 Å². The highest BCUT2D eigenvalue weighted by Gasteiger charge is 2.15. The van der Waals surface area contributed by atoms with Crippen LogP contribution in [0.4, 0.5) is 11.4 Å². The minimum absolute atomic E-state index is 0.217. The number of hydrogen-bond donors (Lipinski definition) is 2. The second kappa shape index (κ2) is 11.3. The van der Waals surface area contributed by atoms with E-state index in [1.165, 1.54) is 5.56 Å². The van der Waals surface area contributed by atoms with E-state index in [1.54, 1.807) is 48.5 Å². The molecule has 0 saturated heterocycles. The fourth-order valence-corrected chi connectivity index (χ4v) is 3.76. The first-order valence-corrected chi connectivity index (χ1v) is 11.6. The van der Waals surface area contributed by atoms with E-state index in [-0.39, 0.29) is 11.8 Å². The van der Waals surface area contributed by atoms with Crippen molar-refractivity contribution in [3.05, 3.63) is 124 Å². The molecule has 4 aromatic rings. The van der Waals surface area contributed by atoms with Crippen molar-refractivity contribution in [2.75, 3.05) is 17.2 Å². The highest BCUT2D eigenvalue weighted by molar-refractivity contribution is 9.10. The normalized spacial score (nSPS) is 10.4. The fourth-order valence-electron chi connectivity index (χ4n) is 3.39. The largest absolute Gasteiger partial charge is 0.492 e. The van der Waals surface area contributed by atoms with Gasteiger partial charge in [-0.05, 0) is 54.1 Å². The van der Waals surface area contributed by atoms with E-state index in [4.69, 9.17) is 4.74 Å². The molecule has 4 rings (SSSR count).